The summed E-state index contributed by atoms with van der Waals surface area (Å²) in [5.74, 6) is -0.679. The third-order valence-corrected chi connectivity index (χ3v) is 5.01. The molecule has 1 fully saturated rings. The highest BCUT2D eigenvalue weighted by atomic mass is 35.5. The molecular weight excluding hydrogens is 367 g/mol. The summed E-state index contributed by atoms with van der Waals surface area (Å²) >= 11 is 5.98. The van der Waals surface area contributed by atoms with Gasteiger partial charge in [-0.3, -0.25) is 9.59 Å². The highest BCUT2D eigenvalue weighted by Gasteiger charge is 2.33. The van der Waals surface area contributed by atoms with Gasteiger partial charge in [-0.2, -0.15) is 0 Å². The van der Waals surface area contributed by atoms with E-state index in [2.05, 4.69) is 5.32 Å². The van der Waals surface area contributed by atoms with Crippen LogP contribution < -0.4 is 5.32 Å². The highest BCUT2D eigenvalue weighted by Crippen LogP contribution is 2.19. The molecule has 1 aliphatic heterocycles. The van der Waals surface area contributed by atoms with Crippen LogP contribution in [0.2, 0.25) is 5.02 Å². The quantitative estimate of drug-likeness (QED) is 0.791. The van der Waals surface area contributed by atoms with Gasteiger partial charge < -0.3 is 10.2 Å². The van der Waals surface area contributed by atoms with Crippen molar-refractivity contribution in [2.45, 2.75) is 19.3 Å². The minimum Gasteiger partial charge on any atom is -0.355 e. The fraction of sp³-hybridized carbons (Fsp3) is 0.333. The van der Waals surface area contributed by atoms with E-state index in [0.29, 0.717) is 37.5 Å². The molecule has 1 N–H and O–H groups in total. The smallest absolute Gasteiger partial charge is 0.225 e. The number of amides is 2. The predicted molar refractivity (Wildman–Crippen MR) is 103 cm³/mol. The van der Waals surface area contributed by atoms with Gasteiger partial charge in [0.1, 0.15) is 5.82 Å². The van der Waals surface area contributed by atoms with Crippen LogP contribution in [0.3, 0.4) is 0 Å². The van der Waals surface area contributed by atoms with Gasteiger partial charge in [0.05, 0.1) is 5.92 Å². The monoisotopic (exact) mass is 388 g/mol. The van der Waals surface area contributed by atoms with Crippen LogP contribution in [0.25, 0.3) is 0 Å². The Bertz CT molecular complexity index is 810. The van der Waals surface area contributed by atoms with E-state index in [1.54, 1.807) is 17.0 Å². The average molecular weight is 389 g/mol. The van der Waals surface area contributed by atoms with Gasteiger partial charge in [-0.1, -0.05) is 35.9 Å². The lowest BCUT2D eigenvalue weighted by Gasteiger charge is -2.16. The summed E-state index contributed by atoms with van der Waals surface area (Å²) in [6.07, 6.45) is 1.59. The number of rotatable bonds is 7. The summed E-state index contributed by atoms with van der Waals surface area (Å²) in [5.41, 5.74) is 2.03. The number of hydrogen-bond donors (Lipinski definition) is 1. The molecule has 2 amide bonds. The molecule has 4 nitrogen and oxygen atoms in total. The molecule has 1 aliphatic rings. The molecule has 2 aromatic rings. The van der Waals surface area contributed by atoms with Crippen LogP contribution in [0.5, 0.6) is 0 Å². The second-order valence-electron chi connectivity index (χ2n) is 6.79. The van der Waals surface area contributed by atoms with E-state index in [9.17, 15) is 14.0 Å². The van der Waals surface area contributed by atoms with Crippen LogP contribution in [0, 0.1) is 11.7 Å². The normalized spacial score (nSPS) is 16.6. The van der Waals surface area contributed by atoms with Gasteiger partial charge in [0, 0.05) is 31.1 Å². The molecular formula is C21H22ClFN2O2. The number of likely N-dealkylation sites (tertiary alicyclic amines) is 1. The van der Waals surface area contributed by atoms with Crippen molar-refractivity contribution in [2.24, 2.45) is 5.92 Å². The lowest BCUT2D eigenvalue weighted by molar-refractivity contribution is -0.129. The van der Waals surface area contributed by atoms with Crippen molar-refractivity contribution < 1.29 is 14.0 Å². The Morgan fingerprint density at radius 3 is 2.67 bits per heavy atom. The molecule has 6 heteroatoms. The summed E-state index contributed by atoms with van der Waals surface area (Å²) in [4.78, 5) is 26.3. The largest absolute Gasteiger partial charge is 0.355 e. The van der Waals surface area contributed by atoms with Crippen LogP contribution in [0.15, 0.2) is 48.5 Å². The number of carbonyl (C=O) groups excluding carboxylic acids is 2. The maximum atomic E-state index is 12.9. The minimum atomic E-state index is -0.315. The zero-order valence-electron chi connectivity index (χ0n) is 15.0. The van der Waals surface area contributed by atoms with E-state index in [4.69, 9.17) is 11.6 Å². The van der Waals surface area contributed by atoms with Gasteiger partial charge in [-0.25, -0.2) is 4.39 Å². The van der Waals surface area contributed by atoms with E-state index < -0.39 is 0 Å². The van der Waals surface area contributed by atoms with E-state index >= 15 is 0 Å². The fourth-order valence-corrected chi connectivity index (χ4v) is 3.46. The molecule has 142 valence electrons. The Balaban J connectivity index is 1.43. The van der Waals surface area contributed by atoms with E-state index in [0.717, 1.165) is 11.1 Å². The van der Waals surface area contributed by atoms with Crippen LogP contribution in [-0.2, 0) is 22.4 Å². The van der Waals surface area contributed by atoms with E-state index in [1.807, 2.05) is 24.3 Å². The van der Waals surface area contributed by atoms with Crippen molar-refractivity contribution in [1.82, 2.24) is 10.2 Å². The highest BCUT2D eigenvalue weighted by molar-refractivity contribution is 6.30. The van der Waals surface area contributed by atoms with Crippen molar-refractivity contribution in [1.29, 1.82) is 0 Å². The predicted octanol–water partition coefficient (Wildman–Crippen LogP) is 3.23. The summed E-state index contributed by atoms with van der Waals surface area (Å²) in [6, 6.07) is 13.8. The lowest BCUT2D eigenvalue weighted by atomic mass is 10.1. The second kappa shape index (κ2) is 9.00. The minimum absolute atomic E-state index is 0.00992. The van der Waals surface area contributed by atoms with Gasteiger partial charge in [-0.05, 0) is 48.2 Å². The molecule has 1 saturated heterocycles. The molecule has 0 radical (unpaired) electrons. The zero-order valence-corrected chi connectivity index (χ0v) is 15.7. The van der Waals surface area contributed by atoms with Gasteiger partial charge >= 0.3 is 0 Å². The van der Waals surface area contributed by atoms with Gasteiger partial charge in [0.15, 0.2) is 0 Å². The van der Waals surface area contributed by atoms with Crippen LogP contribution in [-0.4, -0.2) is 36.3 Å². The molecule has 3 rings (SSSR count). The van der Waals surface area contributed by atoms with Crippen molar-refractivity contribution in [3.8, 4) is 0 Å². The Morgan fingerprint density at radius 2 is 1.93 bits per heavy atom. The first-order chi connectivity index (χ1) is 13.0. The molecule has 0 spiro atoms. The third-order valence-electron chi connectivity index (χ3n) is 4.77. The van der Waals surface area contributed by atoms with Crippen molar-refractivity contribution in [3.63, 3.8) is 0 Å². The Morgan fingerprint density at radius 1 is 1.15 bits per heavy atom. The van der Waals surface area contributed by atoms with Crippen molar-refractivity contribution in [3.05, 3.63) is 70.5 Å². The molecule has 1 heterocycles. The molecule has 0 aliphatic carbocycles. The van der Waals surface area contributed by atoms with Crippen molar-refractivity contribution in [2.75, 3.05) is 19.6 Å². The summed E-state index contributed by atoms with van der Waals surface area (Å²) in [7, 11) is 0. The number of hydrogen-bond acceptors (Lipinski definition) is 2. The maximum absolute atomic E-state index is 12.9. The Kier molecular flexibility index (Phi) is 6.45. The fourth-order valence-electron chi connectivity index (χ4n) is 3.25. The second-order valence-corrected chi connectivity index (χ2v) is 7.22. The molecule has 2 aromatic carbocycles. The van der Waals surface area contributed by atoms with E-state index in [1.165, 1.54) is 12.1 Å². The molecule has 0 aromatic heterocycles. The first-order valence-electron chi connectivity index (χ1n) is 9.05. The molecule has 1 unspecified atom stereocenters. The standard InChI is InChI=1S/C21H22ClFN2O2/c22-18-3-1-2-16(12-18)9-11-25-14-17(13-20(25)26)21(27)24-10-8-15-4-6-19(23)7-5-15/h1-7,12,17H,8-11,13-14H2,(H,24,27). The number of halogens is 2. The van der Waals surface area contributed by atoms with Crippen molar-refractivity contribution >= 4 is 23.4 Å². The molecule has 1 atom stereocenters. The number of nitrogens with one attached hydrogen (secondary N) is 1. The maximum Gasteiger partial charge on any atom is 0.225 e. The third kappa shape index (κ3) is 5.54. The van der Waals surface area contributed by atoms with Gasteiger partial charge in [0.2, 0.25) is 11.8 Å². The van der Waals surface area contributed by atoms with Crippen LogP contribution >= 0.6 is 11.6 Å². The number of benzene rings is 2. The first-order valence-corrected chi connectivity index (χ1v) is 9.43. The van der Waals surface area contributed by atoms with Gasteiger partial charge in [0.25, 0.3) is 0 Å². The summed E-state index contributed by atoms with van der Waals surface area (Å²) in [6.45, 7) is 1.50. The number of nitrogens with zero attached hydrogens (tertiary/aromatic N) is 1. The Labute approximate surface area is 163 Å². The van der Waals surface area contributed by atoms with Crippen LogP contribution in [0.1, 0.15) is 17.5 Å². The molecule has 27 heavy (non-hydrogen) atoms. The lowest BCUT2D eigenvalue weighted by Crippen LogP contribution is -2.34. The van der Waals surface area contributed by atoms with Gasteiger partial charge in [-0.15, -0.1) is 0 Å². The van der Waals surface area contributed by atoms with Crippen LogP contribution in [0.4, 0.5) is 4.39 Å². The SMILES string of the molecule is O=C(NCCc1ccc(F)cc1)C1CC(=O)N(CCc2cccc(Cl)c2)C1. The average Bonchev–Trinajstić information content (AvgIpc) is 3.02. The topological polar surface area (TPSA) is 49.4 Å². The van der Waals surface area contributed by atoms with E-state index in [-0.39, 0.29) is 30.0 Å². The Hall–Kier alpha value is -2.40. The molecule has 0 bridgehead atoms. The first kappa shape index (κ1) is 19.4. The zero-order chi connectivity index (χ0) is 19.2. The summed E-state index contributed by atoms with van der Waals surface area (Å²) < 4.78 is 12.9. The molecule has 0 saturated carbocycles. The number of carbonyl (C=O) groups is 2. The summed E-state index contributed by atoms with van der Waals surface area (Å²) in [5, 5.41) is 3.56.